The highest BCUT2D eigenvalue weighted by atomic mass is 16.3. The van der Waals surface area contributed by atoms with Gasteiger partial charge in [0.05, 0.1) is 11.7 Å². The van der Waals surface area contributed by atoms with E-state index in [1.807, 2.05) is 18.2 Å². The van der Waals surface area contributed by atoms with Crippen LogP contribution in [0.4, 0.5) is 0 Å². The Bertz CT molecular complexity index is 947. The van der Waals surface area contributed by atoms with E-state index in [0.29, 0.717) is 30.1 Å². The molecule has 8 nitrogen and oxygen atoms in total. The molecule has 154 valence electrons. The molecule has 1 unspecified atom stereocenters. The summed E-state index contributed by atoms with van der Waals surface area (Å²) in [7, 11) is 0. The van der Waals surface area contributed by atoms with Gasteiger partial charge in [-0.3, -0.25) is 9.59 Å². The molecular formula is C22H23N5O3. The van der Waals surface area contributed by atoms with Crippen LogP contribution in [-0.4, -0.2) is 40.3 Å². The smallest absolute Gasteiger partial charge is 0.262 e. The Labute approximate surface area is 174 Å². The van der Waals surface area contributed by atoms with Gasteiger partial charge in [-0.1, -0.05) is 12.1 Å². The number of carbonyl (C=O) groups is 2. The fraction of sp³-hybridized carbons (Fsp3) is 0.318. The lowest BCUT2D eigenvalue weighted by molar-refractivity contribution is -0.117. The summed E-state index contributed by atoms with van der Waals surface area (Å²) < 4.78 is 0. The Kier molecular flexibility index (Phi) is 7.24. The molecule has 30 heavy (non-hydrogen) atoms. The van der Waals surface area contributed by atoms with Gasteiger partial charge in [0.2, 0.25) is 0 Å². The molecule has 1 saturated carbocycles. The van der Waals surface area contributed by atoms with Crippen LogP contribution in [0.3, 0.4) is 0 Å². The zero-order valence-electron chi connectivity index (χ0n) is 16.4. The predicted octanol–water partition coefficient (Wildman–Crippen LogP) is 1.76. The van der Waals surface area contributed by atoms with Crippen LogP contribution in [0, 0.1) is 17.2 Å². The van der Waals surface area contributed by atoms with Gasteiger partial charge in [-0.25, -0.2) is 0 Å². The minimum absolute atomic E-state index is 0.0258. The number of amides is 2. The van der Waals surface area contributed by atoms with Crippen molar-refractivity contribution in [3.63, 3.8) is 0 Å². The highest BCUT2D eigenvalue weighted by Crippen LogP contribution is 2.41. The summed E-state index contributed by atoms with van der Waals surface area (Å²) in [6, 6.07) is 12.1. The monoisotopic (exact) mass is 405 g/mol. The van der Waals surface area contributed by atoms with Crippen LogP contribution >= 0.6 is 0 Å². The molecule has 0 spiro atoms. The molecule has 8 heteroatoms. The quantitative estimate of drug-likeness (QED) is 0.331. The standard InChI is InChI=1S/C22H23N5O3/c23-14-18(13-19-3-1-11-25-27-19)22(30)26-20(15-4-5-15)16-6-8-17(9-7-16)21(29)24-10-2-12-28/h1,3,6-9,11,13,15,20,28H,2,4-5,10,12H2,(H,24,29)(H,26,30)/b18-13+. The van der Waals surface area contributed by atoms with Crippen molar-refractivity contribution in [2.75, 3.05) is 13.2 Å². The third kappa shape index (κ3) is 5.72. The molecule has 3 N–H and O–H groups in total. The molecule has 2 amide bonds. The van der Waals surface area contributed by atoms with Gasteiger partial charge in [0.15, 0.2) is 0 Å². The molecule has 1 aliphatic carbocycles. The summed E-state index contributed by atoms with van der Waals surface area (Å²) >= 11 is 0. The second-order valence-corrected chi connectivity index (χ2v) is 7.06. The molecule has 0 bridgehead atoms. The fourth-order valence-electron chi connectivity index (χ4n) is 3.03. The maximum atomic E-state index is 12.7. The van der Waals surface area contributed by atoms with E-state index in [2.05, 4.69) is 20.8 Å². The fourth-order valence-corrected chi connectivity index (χ4v) is 3.03. The number of benzene rings is 1. The summed E-state index contributed by atoms with van der Waals surface area (Å²) in [6.07, 6.45) is 5.41. The molecule has 1 aliphatic rings. The van der Waals surface area contributed by atoms with Gasteiger partial charge in [-0.15, -0.1) is 0 Å². The lowest BCUT2D eigenvalue weighted by atomic mass is 10.00. The van der Waals surface area contributed by atoms with Crippen LogP contribution in [0.1, 0.15) is 46.9 Å². The lowest BCUT2D eigenvalue weighted by Gasteiger charge is -2.19. The van der Waals surface area contributed by atoms with Crippen LogP contribution < -0.4 is 10.6 Å². The number of carbonyl (C=O) groups excluding carboxylic acids is 2. The summed E-state index contributed by atoms with van der Waals surface area (Å²) in [5, 5.41) is 31.5. The Morgan fingerprint density at radius 2 is 2.03 bits per heavy atom. The number of aromatic nitrogens is 2. The first-order valence-corrected chi connectivity index (χ1v) is 9.81. The number of nitriles is 1. The third-order valence-corrected chi connectivity index (χ3v) is 4.78. The first kappa shape index (κ1) is 21.1. The first-order chi connectivity index (χ1) is 14.6. The molecule has 2 aromatic rings. The highest BCUT2D eigenvalue weighted by molar-refractivity contribution is 6.01. The van der Waals surface area contributed by atoms with E-state index < -0.39 is 5.91 Å². The van der Waals surface area contributed by atoms with Crippen molar-refractivity contribution in [3.05, 3.63) is 65.0 Å². The Morgan fingerprint density at radius 1 is 1.27 bits per heavy atom. The van der Waals surface area contributed by atoms with Gasteiger partial charge >= 0.3 is 0 Å². The van der Waals surface area contributed by atoms with Gasteiger partial charge in [-0.2, -0.15) is 15.5 Å². The number of hydrogen-bond acceptors (Lipinski definition) is 6. The van der Waals surface area contributed by atoms with Crippen molar-refractivity contribution in [3.8, 4) is 6.07 Å². The van der Waals surface area contributed by atoms with E-state index in [1.165, 1.54) is 12.3 Å². The van der Waals surface area contributed by atoms with Crippen LogP contribution in [0.5, 0.6) is 0 Å². The Balaban J connectivity index is 1.70. The topological polar surface area (TPSA) is 128 Å². The number of aliphatic hydroxyl groups excluding tert-OH is 1. The minimum atomic E-state index is -0.467. The van der Waals surface area contributed by atoms with Crippen LogP contribution in [0.25, 0.3) is 6.08 Å². The maximum absolute atomic E-state index is 12.7. The largest absolute Gasteiger partial charge is 0.396 e. The lowest BCUT2D eigenvalue weighted by Crippen LogP contribution is -2.31. The Morgan fingerprint density at radius 3 is 2.63 bits per heavy atom. The molecule has 1 atom stereocenters. The zero-order valence-corrected chi connectivity index (χ0v) is 16.4. The molecule has 0 aliphatic heterocycles. The molecule has 0 saturated heterocycles. The van der Waals surface area contributed by atoms with E-state index in [9.17, 15) is 14.9 Å². The number of nitrogens with zero attached hydrogens (tertiary/aromatic N) is 3. The van der Waals surface area contributed by atoms with Crippen molar-refractivity contribution in [2.24, 2.45) is 5.92 Å². The SMILES string of the molecule is N#C/C(=C\c1cccnn1)C(=O)NC(c1ccc(C(=O)NCCCO)cc1)C1CC1. The summed E-state index contributed by atoms with van der Waals surface area (Å²) in [5.74, 6) is -0.374. The van der Waals surface area contributed by atoms with Crippen molar-refractivity contribution in [2.45, 2.75) is 25.3 Å². The molecule has 1 fully saturated rings. The molecule has 3 rings (SSSR count). The number of nitrogens with one attached hydrogen (secondary N) is 2. The zero-order chi connectivity index (χ0) is 21.3. The van der Waals surface area contributed by atoms with Gasteiger partial charge in [0, 0.05) is 24.9 Å². The second kappa shape index (κ2) is 10.3. The summed E-state index contributed by atoms with van der Waals surface area (Å²) in [6.45, 7) is 0.435. The maximum Gasteiger partial charge on any atom is 0.262 e. The van der Waals surface area contributed by atoms with Crippen molar-refractivity contribution < 1.29 is 14.7 Å². The number of hydrogen-bond donors (Lipinski definition) is 3. The normalized spacial score (nSPS) is 14.5. The third-order valence-electron chi connectivity index (χ3n) is 4.78. The van der Waals surface area contributed by atoms with E-state index in [1.54, 1.807) is 24.3 Å². The van der Waals surface area contributed by atoms with Crippen LogP contribution in [0.15, 0.2) is 48.2 Å². The average Bonchev–Trinajstić information content (AvgIpc) is 3.62. The van der Waals surface area contributed by atoms with Crippen molar-refractivity contribution in [1.29, 1.82) is 5.26 Å². The molecule has 1 aromatic carbocycles. The average molecular weight is 405 g/mol. The van der Waals surface area contributed by atoms with Gasteiger partial charge < -0.3 is 15.7 Å². The molecular weight excluding hydrogens is 382 g/mol. The van der Waals surface area contributed by atoms with E-state index in [0.717, 1.165) is 18.4 Å². The summed E-state index contributed by atoms with van der Waals surface area (Å²) in [4.78, 5) is 24.8. The molecule has 0 radical (unpaired) electrons. The minimum Gasteiger partial charge on any atom is -0.396 e. The first-order valence-electron chi connectivity index (χ1n) is 9.81. The molecule has 1 aromatic heterocycles. The van der Waals surface area contributed by atoms with Crippen molar-refractivity contribution >= 4 is 17.9 Å². The predicted molar refractivity (Wildman–Crippen MR) is 110 cm³/mol. The van der Waals surface area contributed by atoms with E-state index >= 15 is 0 Å². The summed E-state index contributed by atoms with van der Waals surface area (Å²) in [5.41, 5.74) is 1.79. The van der Waals surface area contributed by atoms with Gasteiger partial charge in [0.25, 0.3) is 11.8 Å². The Hall–Kier alpha value is -3.57. The second-order valence-electron chi connectivity index (χ2n) is 7.06. The van der Waals surface area contributed by atoms with Gasteiger partial charge in [-0.05, 0) is 61.1 Å². The van der Waals surface area contributed by atoms with Crippen molar-refractivity contribution in [1.82, 2.24) is 20.8 Å². The van der Waals surface area contributed by atoms with Crippen LogP contribution in [0.2, 0.25) is 0 Å². The molecule has 1 heterocycles. The highest BCUT2D eigenvalue weighted by Gasteiger charge is 2.34. The van der Waals surface area contributed by atoms with Gasteiger partial charge in [0.1, 0.15) is 11.6 Å². The van der Waals surface area contributed by atoms with E-state index in [4.69, 9.17) is 5.11 Å². The number of aliphatic hydroxyl groups is 1. The van der Waals surface area contributed by atoms with E-state index in [-0.39, 0.29) is 24.1 Å². The number of rotatable bonds is 9. The van der Waals surface area contributed by atoms with Crippen LogP contribution in [-0.2, 0) is 4.79 Å².